The molecule has 0 spiro atoms. The van der Waals surface area contributed by atoms with Crippen molar-refractivity contribution in [3.63, 3.8) is 0 Å². The number of nitrogens with one attached hydrogen (secondary N) is 2. The zero-order chi connectivity index (χ0) is 16.0. The Bertz CT molecular complexity index is 565. The van der Waals surface area contributed by atoms with Gasteiger partial charge in [0, 0.05) is 33.3 Å². The number of aromatic carboxylic acids is 1. The summed E-state index contributed by atoms with van der Waals surface area (Å²) in [4.78, 5) is 22.9. The zero-order valence-corrected chi connectivity index (χ0v) is 14.1. The summed E-state index contributed by atoms with van der Waals surface area (Å²) in [7, 11) is -0.907. The number of rotatable bonds is 6. The SMILES string of the molecule is CC(CCS(C)=O)NC(=O)Nc1cc(Br)ccc1C(=O)O. The Morgan fingerprint density at radius 3 is 2.67 bits per heavy atom. The highest BCUT2D eigenvalue weighted by atomic mass is 79.9. The van der Waals surface area contributed by atoms with Crippen LogP contribution in [0.2, 0.25) is 0 Å². The first kappa shape index (κ1) is 17.6. The summed E-state index contributed by atoms with van der Waals surface area (Å²) in [5.74, 6) is -0.620. The van der Waals surface area contributed by atoms with Crippen molar-refractivity contribution in [3.05, 3.63) is 28.2 Å². The number of benzene rings is 1. The van der Waals surface area contributed by atoms with Gasteiger partial charge in [-0.15, -0.1) is 0 Å². The van der Waals surface area contributed by atoms with Crippen LogP contribution >= 0.6 is 15.9 Å². The Morgan fingerprint density at radius 2 is 2.10 bits per heavy atom. The van der Waals surface area contributed by atoms with E-state index in [9.17, 15) is 13.8 Å². The minimum Gasteiger partial charge on any atom is -0.478 e. The van der Waals surface area contributed by atoms with Gasteiger partial charge in [0.25, 0.3) is 0 Å². The van der Waals surface area contributed by atoms with Crippen LogP contribution in [-0.2, 0) is 10.8 Å². The number of carbonyl (C=O) groups excluding carboxylic acids is 1. The smallest absolute Gasteiger partial charge is 0.337 e. The zero-order valence-electron chi connectivity index (χ0n) is 11.7. The third-order valence-electron chi connectivity index (χ3n) is 2.68. The lowest BCUT2D eigenvalue weighted by atomic mass is 10.2. The first-order valence-corrected chi connectivity index (χ1v) is 8.72. The van der Waals surface area contributed by atoms with E-state index in [4.69, 9.17) is 5.11 Å². The molecule has 1 rings (SSSR count). The summed E-state index contributed by atoms with van der Waals surface area (Å²) in [6.07, 6.45) is 2.19. The lowest BCUT2D eigenvalue weighted by molar-refractivity contribution is 0.0698. The van der Waals surface area contributed by atoms with Gasteiger partial charge in [-0.3, -0.25) is 4.21 Å². The van der Waals surface area contributed by atoms with Crippen molar-refractivity contribution in [2.45, 2.75) is 19.4 Å². The third-order valence-corrected chi connectivity index (χ3v) is 3.98. The van der Waals surface area contributed by atoms with Gasteiger partial charge in [-0.25, -0.2) is 9.59 Å². The van der Waals surface area contributed by atoms with Crippen LogP contribution in [0.5, 0.6) is 0 Å². The van der Waals surface area contributed by atoms with E-state index in [1.165, 1.54) is 12.1 Å². The molecule has 21 heavy (non-hydrogen) atoms. The maximum absolute atomic E-state index is 11.8. The molecule has 0 radical (unpaired) electrons. The Balaban J connectivity index is 2.68. The minimum absolute atomic E-state index is 0.00987. The van der Waals surface area contributed by atoms with E-state index >= 15 is 0 Å². The van der Waals surface area contributed by atoms with Gasteiger partial charge in [-0.1, -0.05) is 15.9 Å². The number of anilines is 1. The number of halogens is 1. The van der Waals surface area contributed by atoms with Crippen molar-refractivity contribution in [2.24, 2.45) is 0 Å². The second-order valence-corrected chi connectivity index (χ2v) is 7.03. The largest absolute Gasteiger partial charge is 0.478 e. The summed E-state index contributed by atoms with van der Waals surface area (Å²) >= 11 is 3.23. The summed E-state index contributed by atoms with van der Waals surface area (Å²) in [6, 6.07) is 3.87. The van der Waals surface area contributed by atoms with E-state index < -0.39 is 22.8 Å². The van der Waals surface area contributed by atoms with Gasteiger partial charge in [0.2, 0.25) is 0 Å². The molecule has 0 heterocycles. The highest BCUT2D eigenvalue weighted by Crippen LogP contribution is 2.21. The molecule has 0 saturated carbocycles. The average molecular weight is 377 g/mol. The number of carboxylic acid groups (broad SMARTS) is 1. The number of carbonyl (C=O) groups is 2. The molecule has 3 N–H and O–H groups in total. The van der Waals surface area contributed by atoms with E-state index in [0.717, 1.165) is 0 Å². The number of carboxylic acids is 1. The van der Waals surface area contributed by atoms with Crippen LogP contribution in [0.25, 0.3) is 0 Å². The second-order valence-electron chi connectivity index (χ2n) is 4.56. The fourth-order valence-corrected chi connectivity index (χ4v) is 2.65. The molecule has 1 aromatic carbocycles. The Labute approximate surface area is 133 Å². The first-order valence-electron chi connectivity index (χ1n) is 6.20. The average Bonchev–Trinajstić information content (AvgIpc) is 2.35. The highest BCUT2D eigenvalue weighted by Gasteiger charge is 2.14. The predicted octanol–water partition coefficient (Wildman–Crippen LogP) is 2.43. The molecule has 0 saturated heterocycles. The van der Waals surface area contributed by atoms with Crippen LogP contribution in [0.15, 0.2) is 22.7 Å². The van der Waals surface area contributed by atoms with Crippen LogP contribution in [0.3, 0.4) is 0 Å². The molecule has 0 aliphatic carbocycles. The van der Waals surface area contributed by atoms with Gasteiger partial charge in [0.15, 0.2) is 0 Å². The normalized spacial score (nSPS) is 13.3. The van der Waals surface area contributed by atoms with E-state index in [0.29, 0.717) is 16.6 Å². The van der Waals surface area contributed by atoms with Crippen molar-refractivity contribution in [2.75, 3.05) is 17.3 Å². The minimum atomic E-state index is -1.12. The van der Waals surface area contributed by atoms with Gasteiger partial charge < -0.3 is 15.7 Å². The van der Waals surface area contributed by atoms with E-state index in [1.54, 1.807) is 19.2 Å². The van der Waals surface area contributed by atoms with Crippen LogP contribution in [0, 0.1) is 0 Å². The van der Waals surface area contributed by atoms with Gasteiger partial charge in [0.1, 0.15) is 0 Å². The number of hydrogen-bond acceptors (Lipinski definition) is 3. The molecule has 0 aromatic heterocycles. The molecular weight excluding hydrogens is 360 g/mol. The summed E-state index contributed by atoms with van der Waals surface area (Å²) in [6.45, 7) is 1.80. The van der Waals surface area contributed by atoms with Crippen LogP contribution in [-0.4, -0.2) is 39.4 Å². The van der Waals surface area contributed by atoms with Gasteiger partial charge in [-0.2, -0.15) is 0 Å². The maximum Gasteiger partial charge on any atom is 0.337 e. The molecule has 2 unspecified atom stereocenters. The predicted molar refractivity (Wildman–Crippen MR) is 86.3 cm³/mol. The summed E-state index contributed by atoms with van der Waals surface area (Å²) in [5.41, 5.74) is 0.219. The molecule has 0 bridgehead atoms. The van der Waals surface area contributed by atoms with Crippen molar-refractivity contribution in [1.29, 1.82) is 0 Å². The summed E-state index contributed by atoms with van der Waals surface area (Å²) in [5, 5.41) is 14.3. The second kappa shape index (κ2) is 8.14. The lowest BCUT2D eigenvalue weighted by Gasteiger charge is -2.15. The first-order chi connectivity index (χ1) is 9.79. The Morgan fingerprint density at radius 1 is 1.43 bits per heavy atom. The molecule has 6 nitrogen and oxygen atoms in total. The van der Waals surface area contributed by atoms with Crippen LogP contribution in [0.4, 0.5) is 10.5 Å². The fourth-order valence-electron chi connectivity index (χ4n) is 1.60. The molecule has 0 aliphatic rings. The summed E-state index contributed by atoms with van der Waals surface area (Å²) < 4.78 is 11.7. The van der Waals surface area contributed by atoms with Crippen molar-refractivity contribution >= 4 is 44.4 Å². The van der Waals surface area contributed by atoms with E-state index in [-0.39, 0.29) is 17.3 Å². The van der Waals surface area contributed by atoms with Crippen LogP contribution < -0.4 is 10.6 Å². The maximum atomic E-state index is 11.8. The molecular formula is C13H17BrN2O4S. The molecule has 2 atom stereocenters. The van der Waals surface area contributed by atoms with Gasteiger partial charge in [0.05, 0.1) is 11.3 Å². The highest BCUT2D eigenvalue weighted by molar-refractivity contribution is 9.10. The molecule has 116 valence electrons. The van der Waals surface area contributed by atoms with E-state index in [1.807, 2.05) is 0 Å². The quantitative estimate of drug-likeness (QED) is 0.710. The van der Waals surface area contributed by atoms with Crippen molar-refractivity contribution in [3.8, 4) is 0 Å². The van der Waals surface area contributed by atoms with E-state index in [2.05, 4.69) is 26.6 Å². The Kier molecular flexibility index (Phi) is 6.83. The molecule has 0 fully saturated rings. The molecule has 1 aromatic rings. The number of hydrogen-bond donors (Lipinski definition) is 3. The van der Waals surface area contributed by atoms with Crippen molar-refractivity contribution < 1.29 is 18.9 Å². The molecule has 2 amide bonds. The third kappa shape index (κ3) is 6.26. The Hall–Kier alpha value is -1.41. The standard InChI is InChI=1S/C13H17BrN2O4S/c1-8(5-6-21(2)20)15-13(19)16-11-7-9(14)3-4-10(11)12(17)18/h3-4,7-8H,5-6H2,1-2H3,(H,17,18)(H2,15,16,19). The molecule has 8 heteroatoms. The number of urea groups is 1. The number of amides is 2. The fraction of sp³-hybridized carbons (Fsp3) is 0.385. The topological polar surface area (TPSA) is 95.5 Å². The van der Waals surface area contributed by atoms with Crippen molar-refractivity contribution in [1.82, 2.24) is 5.32 Å². The van der Waals surface area contributed by atoms with Gasteiger partial charge >= 0.3 is 12.0 Å². The van der Waals surface area contributed by atoms with Crippen LogP contribution in [0.1, 0.15) is 23.7 Å². The monoisotopic (exact) mass is 376 g/mol. The lowest BCUT2D eigenvalue weighted by Crippen LogP contribution is -2.37. The van der Waals surface area contributed by atoms with Gasteiger partial charge in [-0.05, 0) is 31.5 Å². The molecule has 0 aliphatic heterocycles.